The van der Waals surface area contributed by atoms with Gasteiger partial charge in [-0.25, -0.2) is 0 Å². The lowest BCUT2D eigenvalue weighted by Gasteiger charge is -2.13. The molecule has 7 heteroatoms. The van der Waals surface area contributed by atoms with E-state index in [0.29, 0.717) is 46.1 Å². The zero-order valence-electron chi connectivity index (χ0n) is 17.3. The Labute approximate surface area is 164 Å². The Kier molecular flexibility index (Phi) is 18.7. The lowest BCUT2D eigenvalue weighted by Crippen LogP contribution is -2.20. The summed E-state index contributed by atoms with van der Waals surface area (Å²) >= 11 is 0. The van der Waals surface area contributed by atoms with E-state index in [1.165, 1.54) is 0 Å². The molecule has 0 amide bonds. The van der Waals surface area contributed by atoms with Gasteiger partial charge in [0.2, 0.25) is 0 Å². The van der Waals surface area contributed by atoms with E-state index >= 15 is 0 Å². The van der Waals surface area contributed by atoms with Crippen LogP contribution in [0.25, 0.3) is 0 Å². The van der Waals surface area contributed by atoms with Gasteiger partial charge in [-0.1, -0.05) is 33.6 Å². The first-order valence-corrected chi connectivity index (χ1v) is 10.2. The number of ether oxygens (including phenoxy) is 5. The molecule has 0 saturated carbocycles. The molecule has 0 rings (SSSR count). The zero-order chi connectivity index (χ0) is 20.2. The average Bonchev–Trinajstić information content (AvgIpc) is 2.66. The number of rotatable bonds is 19. The Morgan fingerprint density at radius 2 is 1.22 bits per heavy atom. The highest BCUT2D eigenvalue weighted by molar-refractivity contribution is 5.72. The minimum atomic E-state index is -0.189. The van der Waals surface area contributed by atoms with Crippen LogP contribution >= 0.6 is 0 Å². The van der Waals surface area contributed by atoms with Crippen molar-refractivity contribution >= 4 is 11.9 Å². The molecule has 0 aliphatic carbocycles. The molecule has 0 aromatic heterocycles. The van der Waals surface area contributed by atoms with Crippen LogP contribution in [0.5, 0.6) is 0 Å². The van der Waals surface area contributed by atoms with E-state index in [1.807, 2.05) is 13.8 Å². The molecule has 0 bridgehead atoms. The number of unbranched alkanes of at least 4 members (excludes halogenated alkanes) is 1. The highest BCUT2D eigenvalue weighted by Crippen LogP contribution is 2.14. The van der Waals surface area contributed by atoms with Crippen LogP contribution in [0.15, 0.2) is 0 Å². The van der Waals surface area contributed by atoms with Crippen molar-refractivity contribution < 1.29 is 33.3 Å². The Hall–Kier alpha value is -1.18. The summed E-state index contributed by atoms with van der Waals surface area (Å²) in [5.41, 5.74) is 0. The van der Waals surface area contributed by atoms with Crippen LogP contribution in [0.4, 0.5) is 0 Å². The van der Waals surface area contributed by atoms with Gasteiger partial charge < -0.3 is 23.7 Å². The van der Waals surface area contributed by atoms with Gasteiger partial charge in [0.25, 0.3) is 0 Å². The van der Waals surface area contributed by atoms with Gasteiger partial charge in [0.15, 0.2) is 0 Å². The Morgan fingerprint density at radius 3 is 1.70 bits per heavy atom. The predicted octanol–water partition coefficient (Wildman–Crippen LogP) is 3.14. The molecule has 0 aromatic carbocycles. The van der Waals surface area contributed by atoms with Crippen LogP contribution < -0.4 is 0 Å². The van der Waals surface area contributed by atoms with Crippen LogP contribution in [-0.2, 0) is 33.3 Å². The smallest absolute Gasteiger partial charge is 0.308 e. The van der Waals surface area contributed by atoms with Crippen molar-refractivity contribution in [3.8, 4) is 0 Å². The Balaban J connectivity index is 3.33. The lowest BCUT2D eigenvalue weighted by molar-refractivity contribution is -0.150. The van der Waals surface area contributed by atoms with Gasteiger partial charge in [-0.05, 0) is 19.3 Å². The van der Waals surface area contributed by atoms with Gasteiger partial charge in [0, 0.05) is 6.42 Å². The van der Waals surface area contributed by atoms with Crippen molar-refractivity contribution in [2.24, 2.45) is 5.92 Å². The Morgan fingerprint density at radius 1 is 0.704 bits per heavy atom. The summed E-state index contributed by atoms with van der Waals surface area (Å²) in [5, 5.41) is 0. The SMILES string of the molecule is CCCCC(CC)C(=O)OCCOCCOCCOCCOC(=O)CCC. The molecule has 0 aliphatic heterocycles. The fourth-order valence-corrected chi connectivity index (χ4v) is 2.29. The van der Waals surface area contributed by atoms with Gasteiger partial charge in [-0.15, -0.1) is 0 Å². The third-order valence-corrected chi connectivity index (χ3v) is 3.89. The monoisotopic (exact) mass is 390 g/mol. The van der Waals surface area contributed by atoms with E-state index in [1.54, 1.807) is 0 Å². The van der Waals surface area contributed by atoms with E-state index in [9.17, 15) is 9.59 Å². The quantitative estimate of drug-likeness (QED) is 0.248. The highest BCUT2D eigenvalue weighted by Gasteiger charge is 2.16. The first-order chi connectivity index (χ1) is 13.2. The normalized spacial score (nSPS) is 12.0. The van der Waals surface area contributed by atoms with Crippen molar-refractivity contribution in [3.63, 3.8) is 0 Å². The molecular weight excluding hydrogens is 352 g/mol. The second-order valence-corrected chi connectivity index (χ2v) is 6.22. The standard InChI is InChI=1S/C20H38O7/c1-4-7-9-18(6-3)20(22)27-17-15-25-13-11-23-10-12-24-14-16-26-19(21)8-5-2/h18H,4-17H2,1-3H3. The molecule has 1 unspecified atom stereocenters. The first-order valence-electron chi connectivity index (χ1n) is 10.2. The van der Waals surface area contributed by atoms with Crippen molar-refractivity contribution in [1.82, 2.24) is 0 Å². The van der Waals surface area contributed by atoms with Crippen molar-refractivity contribution in [2.75, 3.05) is 52.9 Å². The molecule has 1 atom stereocenters. The van der Waals surface area contributed by atoms with E-state index < -0.39 is 0 Å². The fourth-order valence-electron chi connectivity index (χ4n) is 2.29. The summed E-state index contributed by atoms with van der Waals surface area (Å²) < 4.78 is 26.2. The predicted molar refractivity (Wildman–Crippen MR) is 103 cm³/mol. The maximum atomic E-state index is 11.9. The average molecular weight is 391 g/mol. The van der Waals surface area contributed by atoms with Gasteiger partial charge in [0.05, 0.1) is 45.6 Å². The number of esters is 2. The second kappa shape index (κ2) is 19.6. The first kappa shape index (κ1) is 25.8. The van der Waals surface area contributed by atoms with E-state index in [0.717, 1.165) is 32.1 Å². The number of hydrogen-bond acceptors (Lipinski definition) is 7. The minimum absolute atomic E-state index is 0.00319. The molecule has 160 valence electrons. The molecule has 7 nitrogen and oxygen atoms in total. The van der Waals surface area contributed by atoms with Gasteiger partial charge in [0.1, 0.15) is 13.2 Å². The summed E-state index contributed by atoms with van der Waals surface area (Å²) in [6.45, 7) is 9.16. The molecule has 0 N–H and O–H groups in total. The fraction of sp³-hybridized carbons (Fsp3) is 0.900. The van der Waals surface area contributed by atoms with E-state index in [2.05, 4.69) is 6.92 Å². The maximum absolute atomic E-state index is 11.9. The molecular formula is C20H38O7. The van der Waals surface area contributed by atoms with Crippen molar-refractivity contribution in [2.45, 2.75) is 59.3 Å². The summed E-state index contributed by atoms with van der Waals surface area (Å²) in [6, 6.07) is 0. The number of carbonyl (C=O) groups is 2. The highest BCUT2D eigenvalue weighted by atomic mass is 16.6. The summed E-state index contributed by atoms with van der Waals surface area (Å²) in [5.74, 6) is -0.307. The van der Waals surface area contributed by atoms with Crippen LogP contribution in [-0.4, -0.2) is 64.8 Å². The van der Waals surface area contributed by atoms with Crippen LogP contribution in [0.1, 0.15) is 59.3 Å². The molecule has 0 radical (unpaired) electrons. The topological polar surface area (TPSA) is 80.3 Å². The van der Waals surface area contributed by atoms with Crippen molar-refractivity contribution in [1.29, 1.82) is 0 Å². The maximum Gasteiger partial charge on any atom is 0.308 e. The van der Waals surface area contributed by atoms with Crippen LogP contribution in [0, 0.1) is 5.92 Å². The molecule has 0 aromatic rings. The number of carbonyl (C=O) groups excluding carboxylic acids is 2. The number of hydrogen-bond donors (Lipinski definition) is 0. The van der Waals surface area contributed by atoms with Crippen molar-refractivity contribution in [3.05, 3.63) is 0 Å². The zero-order valence-corrected chi connectivity index (χ0v) is 17.3. The molecule has 0 heterocycles. The molecule has 27 heavy (non-hydrogen) atoms. The summed E-state index contributed by atoms with van der Waals surface area (Å²) in [7, 11) is 0. The van der Waals surface area contributed by atoms with E-state index in [-0.39, 0.29) is 31.1 Å². The molecule has 0 spiro atoms. The van der Waals surface area contributed by atoms with Crippen LogP contribution in [0.2, 0.25) is 0 Å². The molecule has 0 saturated heterocycles. The molecule has 0 aliphatic rings. The third kappa shape index (κ3) is 16.7. The summed E-state index contributed by atoms with van der Waals surface area (Å²) in [4.78, 5) is 23.0. The molecule has 0 fully saturated rings. The minimum Gasteiger partial charge on any atom is -0.463 e. The third-order valence-electron chi connectivity index (χ3n) is 3.89. The van der Waals surface area contributed by atoms with Gasteiger partial charge in [-0.2, -0.15) is 0 Å². The summed E-state index contributed by atoms with van der Waals surface area (Å²) in [6.07, 6.45) is 5.08. The van der Waals surface area contributed by atoms with E-state index in [4.69, 9.17) is 23.7 Å². The largest absolute Gasteiger partial charge is 0.463 e. The van der Waals surface area contributed by atoms with Gasteiger partial charge >= 0.3 is 11.9 Å². The van der Waals surface area contributed by atoms with Gasteiger partial charge in [-0.3, -0.25) is 9.59 Å². The Bertz CT molecular complexity index is 360. The second-order valence-electron chi connectivity index (χ2n) is 6.22. The lowest BCUT2D eigenvalue weighted by atomic mass is 10.00. The van der Waals surface area contributed by atoms with Crippen LogP contribution in [0.3, 0.4) is 0 Å².